The molecule has 1 saturated heterocycles. The van der Waals surface area contributed by atoms with Gasteiger partial charge < -0.3 is 9.64 Å². The van der Waals surface area contributed by atoms with Gasteiger partial charge in [0.25, 0.3) is 0 Å². The number of benzene rings is 1. The van der Waals surface area contributed by atoms with Gasteiger partial charge in [-0.15, -0.1) is 0 Å². The number of piperidine rings is 1. The van der Waals surface area contributed by atoms with E-state index < -0.39 is 10.0 Å². The fourth-order valence-electron chi connectivity index (χ4n) is 2.86. The van der Waals surface area contributed by atoms with E-state index in [0.29, 0.717) is 32.5 Å². The highest BCUT2D eigenvalue weighted by Gasteiger charge is 2.28. The minimum Gasteiger partial charge on any atom is -0.466 e. The lowest BCUT2D eigenvalue weighted by atomic mass is 9.97. The largest absolute Gasteiger partial charge is 0.466 e. The molecule has 1 amide bonds. The molecule has 0 aliphatic carbocycles. The van der Waals surface area contributed by atoms with Crippen molar-refractivity contribution >= 4 is 21.9 Å². The Bertz CT molecular complexity index is 768. The molecule has 0 radical (unpaired) electrons. The number of hydrogen-bond donors (Lipinski definition) is 1. The molecule has 0 aromatic heterocycles. The zero-order valence-corrected chi connectivity index (χ0v) is 16.3. The number of sulfonamides is 1. The lowest BCUT2D eigenvalue weighted by Gasteiger charge is -2.30. The maximum absolute atomic E-state index is 12.4. The minimum atomic E-state index is -3.74. The monoisotopic (exact) mass is 382 g/mol. The zero-order chi connectivity index (χ0) is 19.3. The molecule has 8 heteroatoms. The number of amides is 1. The topological polar surface area (TPSA) is 92.8 Å². The van der Waals surface area contributed by atoms with Crippen molar-refractivity contribution in [3.05, 3.63) is 29.3 Å². The normalized spacial score (nSPS) is 15.7. The number of rotatable bonds is 6. The number of ether oxygens (including phenoxy) is 1. The smallest absolute Gasteiger partial charge is 0.309 e. The van der Waals surface area contributed by atoms with Crippen LogP contribution >= 0.6 is 0 Å². The molecule has 26 heavy (non-hydrogen) atoms. The number of esters is 1. The van der Waals surface area contributed by atoms with Crippen LogP contribution < -0.4 is 4.72 Å². The van der Waals surface area contributed by atoms with Gasteiger partial charge in [0.2, 0.25) is 15.9 Å². The van der Waals surface area contributed by atoms with Crippen molar-refractivity contribution in [1.29, 1.82) is 0 Å². The lowest BCUT2D eigenvalue weighted by Crippen LogP contribution is -2.45. The Morgan fingerprint density at radius 3 is 2.42 bits per heavy atom. The average Bonchev–Trinajstić information content (AvgIpc) is 2.62. The number of aryl methyl sites for hydroxylation is 2. The van der Waals surface area contributed by atoms with E-state index in [2.05, 4.69) is 4.72 Å². The van der Waals surface area contributed by atoms with Gasteiger partial charge in [-0.3, -0.25) is 9.59 Å². The Hall–Kier alpha value is -1.93. The van der Waals surface area contributed by atoms with Crippen LogP contribution in [0.5, 0.6) is 0 Å². The summed E-state index contributed by atoms with van der Waals surface area (Å²) >= 11 is 0. The van der Waals surface area contributed by atoms with Crippen LogP contribution in [0.2, 0.25) is 0 Å². The van der Waals surface area contributed by atoms with Gasteiger partial charge in [0.15, 0.2) is 0 Å². The first kappa shape index (κ1) is 20.4. The van der Waals surface area contributed by atoms with Crippen molar-refractivity contribution in [2.45, 2.75) is 38.5 Å². The summed E-state index contributed by atoms with van der Waals surface area (Å²) in [6.45, 7) is 6.41. The molecule has 1 heterocycles. The summed E-state index contributed by atoms with van der Waals surface area (Å²) in [7, 11) is -3.74. The fraction of sp³-hybridized carbons (Fsp3) is 0.556. The number of nitrogens with one attached hydrogen (secondary N) is 1. The van der Waals surface area contributed by atoms with E-state index >= 15 is 0 Å². The number of carbonyl (C=O) groups excluding carboxylic acids is 2. The van der Waals surface area contributed by atoms with Gasteiger partial charge in [0.1, 0.15) is 0 Å². The number of hydrogen-bond acceptors (Lipinski definition) is 5. The van der Waals surface area contributed by atoms with Gasteiger partial charge in [-0.05, 0) is 56.9 Å². The van der Waals surface area contributed by atoms with Crippen LogP contribution in [0.1, 0.15) is 30.9 Å². The third-order valence-electron chi connectivity index (χ3n) is 4.67. The SMILES string of the molecule is CCOC(=O)C1CCN(C(=O)CNS(=O)(=O)c2ccc(C)c(C)c2)CC1. The molecular weight excluding hydrogens is 356 g/mol. The van der Waals surface area contributed by atoms with E-state index in [9.17, 15) is 18.0 Å². The van der Waals surface area contributed by atoms with Crippen LogP contribution in [-0.2, 0) is 24.3 Å². The number of carbonyl (C=O) groups is 2. The Kier molecular flexibility index (Phi) is 6.77. The molecule has 0 atom stereocenters. The molecule has 0 saturated carbocycles. The van der Waals surface area contributed by atoms with Crippen molar-refractivity contribution < 1.29 is 22.7 Å². The van der Waals surface area contributed by atoms with Crippen molar-refractivity contribution in [3.8, 4) is 0 Å². The van der Waals surface area contributed by atoms with Gasteiger partial charge in [-0.1, -0.05) is 6.07 Å². The molecule has 0 unspecified atom stereocenters. The molecule has 1 aliphatic rings. The Morgan fingerprint density at radius 2 is 1.85 bits per heavy atom. The molecule has 0 spiro atoms. The van der Waals surface area contributed by atoms with Crippen molar-refractivity contribution in [3.63, 3.8) is 0 Å². The number of nitrogens with zero attached hydrogens (tertiary/aromatic N) is 1. The highest BCUT2D eigenvalue weighted by molar-refractivity contribution is 7.89. The van der Waals surface area contributed by atoms with E-state index in [1.165, 1.54) is 6.07 Å². The highest BCUT2D eigenvalue weighted by atomic mass is 32.2. The second-order valence-corrected chi connectivity index (χ2v) is 8.24. The molecule has 2 rings (SSSR count). The summed E-state index contributed by atoms with van der Waals surface area (Å²) in [5, 5.41) is 0. The summed E-state index contributed by atoms with van der Waals surface area (Å²) in [5.74, 6) is -0.707. The van der Waals surface area contributed by atoms with Gasteiger partial charge >= 0.3 is 5.97 Å². The number of likely N-dealkylation sites (tertiary alicyclic amines) is 1. The van der Waals surface area contributed by atoms with Crippen LogP contribution in [0.15, 0.2) is 23.1 Å². The quantitative estimate of drug-likeness (QED) is 0.751. The lowest BCUT2D eigenvalue weighted by molar-refractivity contribution is -0.151. The van der Waals surface area contributed by atoms with Crippen molar-refractivity contribution in [1.82, 2.24) is 9.62 Å². The molecular formula is C18H26N2O5S. The van der Waals surface area contributed by atoms with E-state index in [4.69, 9.17) is 4.74 Å². The van der Waals surface area contributed by atoms with E-state index in [-0.39, 0.29) is 29.2 Å². The maximum Gasteiger partial charge on any atom is 0.309 e. The summed E-state index contributed by atoms with van der Waals surface area (Å²) in [6, 6.07) is 4.86. The highest BCUT2D eigenvalue weighted by Crippen LogP contribution is 2.19. The van der Waals surface area contributed by atoms with Gasteiger partial charge in [0, 0.05) is 13.1 Å². The summed E-state index contributed by atoms with van der Waals surface area (Å²) in [5.41, 5.74) is 1.88. The minimum absolute atomic E-state index is 0.148. The second-order valence-electron chi connectivity index (χ2n) is 6.48. The molecule has 0 bridgehead atoms. The Labute approximate surface area is 154 Å². The molecule has 1 N–H and O–H groups in total. The molecule has 1 aromatic carbocycles. The molecule has 1 aromatic rings. The first-order valence-corrected chi connectivity index (χ1v) is 10.2. The Morgan fingerprint density at radius 1 is 1.19 bits per heavy atom. The third-order valence-corrected chi connectivity index (χ3v) is 6.07. The Balaban J connectivity index is 1.88. The van der Waals surface area contributed by atoms with Crippen molar-refractivity contribution in [2.75, 3.05) is 26.2 Å². The van der Waals surface area contributed by atoms with Crippen LogP contribution in [0.3, 0.4) is 0 Å². The van der Waals surface area contributed by atoms with Gasteiger partial charge in [0.05, 0.1) is 24.0 Å². The molecule has 1 aliphatic heterocycles. The van der Waals surface area contributed by atoms with Gasteiger partial charge in [-0.2, -0.15) is 0 Å². The second kappa shape index (κ2) is 8.64. The first-order valence-electron chi connectivity index (χ1n) is 8.76. The third kappa shape index (κ3) is 5.04. The molecule has 144 valence electrons. The predicted molar refractivity (Wildman–Crippen MR) is 97.0 cm³/mol. The zero-order valence-electron chi connectivity index (χ0n) is 15.4. The molecule has 7 nitrogen and oxygen atoms in total. The van der Waals surface area contributed by atoms with E-state index in [0.717, 1.165) is 11.1 Å². The van der Waals surface area contributed by atoms with Crippen LogP contribution in [0.4, 0.5) is 0 Å². The van der Waals surface area contributed by atoms with E-state index in [1.807, 2.05) is 13.8 Å². The average molecular weight is 382 g/mol. The van der Waals surface area contributed by atoms with Crippen LogP contribution in [0.25, 0.3) is 0 Å². The first-order chi connectivity index (χ1) is 12.2. The summed E-state index contributed by atoms with van der Waals surface area (Å²) in [4.78, 5) is 25.7. The molecule has 1 fully saturated rings. The predicted octanol–water partition coefficient (Wildman–Crippen LogP) is 1.38. The van der Waals surface area contributed by atoms with Crippen LogP contribution in [-0.4, -0.2) is 51.4 Å². The van der Waals surface area contributed by atoms with Gasteiger partial charge in [-0.25, -0.2) is 13.1 Å². The van der Waals surface area contributed by atoms with Crippen LogP contribution in [0, 0.1) is 19.8 Å². The summed E-state index contributed by atoms with van der Waals surface area (Å²) < 4.78 is 32.1. The van der Waals surface area contributed by atoms with Crippen molar-refractivity contribution in [2.24, 2.45) is 5.92 Å². The standard InChI is InChI=1S/C18H26N2O5S/c1-4-25-18(22)15-7-9-20(10-8-15)17(21)12-19-26(23,24)16-6-5-13(2)14(3)11-16/h5-6,11,15,19H,4,7-10,12H2,1-3H3. The maximum atomic E-state index is 12.4. The fourth-order valence-corrected chi connectivity index (χ4v) is 3.92. The van der Waals surface area contributed by atoms with E-state index in [1.54, 1.807) is 24.0 Å². The summed E-state index contributed by atoms with van der Waals surface area (Å²) in [6.07, 6.45) is 1.07.